The van der Waals surface area contributed by atoms with Crippen molar-refractivity contribution >= 4 is 34.2 Å². The van der Waals surface area contributed by atoms with E-state index in [1.807, 2.05) is 4.90 Å². The van der Waals surface area contributed by atoms with Crippen molar-refractivity contribution in [2.75, 3.05) is 37.7 Å². The number of hydrogen-bond donors (Lipinski definition) is 1. The smallest absolute Gasteiger partial charge is 0.417 e. The Morgan fingerprint density at radius 3 is 2.65 bits per heavy atom. The molecule has 1 aliphatic heterocycles. The minimum absolute atomic E-state index is 0.128. The highest BCUT2D eigenvalue weighted by molar-refractivity contribution is 6.32. The Labute approximate surface area is 153 Å². The Bertz CT molecular complexity index is 836. The zero-order chi connectivity index (χ0) is 18.9. The van der Waals surface area contributed by atoms with E-state index in [-0.39, 0.29) is 17.7 Å². The molecule has 0 unspecified atom stereocenters. The lowest BCUT2D eigenvalue weighted by Crippen LogP contribution is -2.44. The number of carbonyl (C=O) groups is 1. The zero-order valence-electron chi connectivity index (χ0n) is 14.0. The maximum Gasteiger partial charge on any atom is 0.417 e. The summed E-state index contributed by atoms with van der Waals surface area (Å²) in [5, 5.41) is 3.17. The number of esters is 1. The van der Waals surface area contributed by atoms with Crippen LogP contribution in [0.25, 0.3) is 10.9 Å². The molecule has 0 atom stereocenters. The first kappa shape index (κ1) is 18.7. The van der Waals surface area contributed by atoms with Crippen LogP contribution in [-0.2, 0) is 10.9 Å². The van der Waals surface area contributed by atoms with E-state index < -0.39 is 22.7 Å². The number of carbonyl (C=O) groups excluding carboxylic acids is 1. The predicted octanol–water partition coefficient (Wildman–Crippen LogP) is 3.49. The molecule has 0 amide bonds. The largest absolute Gasteiger partial charge is 0.462 e. The molecule has 1 N–H and O–H groups in total. The van der Waals surface area contributed by atoms with Gasteiger partial charge in [-0.25, -0.2) is 4.79 Å². The van der Waals surface area contributed by atoms with E-state index in [1.54, 1.807) is 6.92 Å². The minimum atomic E-state index is -4.58. The molecule has 1 fully saturated rings. The normalized spacial score (nSPS) is 15.3. The topological polar surface area (TPSA) is 54.5 Å². The standard InChI is InChI=1S/C17H17ClF3N3O2/c1-2-26-16(25)11-9-23-14-8-12(17(19,20)21)13(18)7-10(14)15(11)24-5-3-22-4-6-24/h7-9,22H,2-6H2,1H3. The van der Waals surface area contributed by atoms with Crippen LogP contribution in [0.15, 0.2) is 18.3 Å². The van der Waals surface area contributed by atoms with Gasteiger partial charge in [-0.05, 0) is 19.1 Å². The van der Waals surface area contributed by atoms with Crippen molar-refractivity contribution in [2.45, 2.75) is 13.1 Å². The molecule has 1 aromatic heterocycles. The van der Waals surface area contributed by atoms with Crippen molar-refractivity contribution in [3.8, 4) is 0 Å². The van der Waals surface area contributed by atoms with Gasteiger partial charge in [0.1, 0.15) is 5.56 Å². The van der Waals surface area contributed by atoms with Gasteiger partial charge in [0.2, 0.25) is 0 Å². The summed E-state index contributed by atoms with van der Waals surface area (Å²) >= 11 is 5.90. The lowest BCUT2D eigenvalue weighted by Gasteiger charge is -2.31. The molecule has 2 heterocycles. The third-order valence-corrected chi connectivity index (χ3v) is 4.48. The van der Waals surface area contributed by atoms with Gasteiger partial charge in [-0.15, -0.1) is 0 Å². The Hall–Kier alpha value is -2.06. The van der Waals surface area contributed by atoms with Crippen molar-refractivity contribution in [2.24, 2.45) is 0 Å². The van der Waals surface area contributed by atoms with E-state index in [1.165, 1.54) is 12.3 Å². The van der Waals surface area contributed by atoms with E-state index in [0.29, 0.717) is 37.3 Å². The van der Waals surface area contributed by atoms with Crippen LogP contribution < -0.4 is 10.2 Å². The first-order valence-electron chi connectivity index (χ1n) is 8.15. The number of benzene rings is 1. The Morgan fingerprint density at radius 1 is 1.35 bits per heavy atom. The second kappa shape index (κ2) is 7.28. The third-order valence-electron chi connectivity index (χ3n) is 4.16. The number of piperazine rings is 1. The van der Waals surface area contributed by atoms with E-state index in [2.05, 4.69) is 10.3 Å². The quantitative estimate of drug-likeness (QED) is 0.817. The number of ether oxygens (including phenoxy) is 1. The van der Waals surface area contributed by atoms with Crippen LogP contribution in [-0.4, -0.2) is 43.7 Å². The maximum absolute atomic E-state index is 13.1. The molecular formula is C17H17ClF3N3O2. The average Bonchev–Trinajstić information content (AvgIpc) is 2.60. The van der Waals surface area contributed by atoms with Crippen molar-refractivity contribution in [3.05, 3.63) is 34.5 Å². The lowest BCUT2D eigenvalue weighted by atomic mass is 10.0. The summed E-state index contributed by atoms with van der Waals surface area (Å²) in [6, 6.07) is 2.14. The fourth-order valence-corrected chi connectivity index (χ4v) is 3.27. The average molecular weight is 388 g/mol. The molecule has 140 valence electrons. The number of aromatic nitrogens is 1. The van der Waals surface area contributed by atoms with Gasteiger partial charge in [-0.3, -0.25) is 4.98 Å². The number of alkyl halides is 3. The van der Waals surface area contributed by atoms with Crippen LogP contribution in [0.2, 0.25) is 5.02 Å². The number of nitrogens with zero attached hydrogens (tertiary/aromatic N) is 2. The van der Waals surface area contributed by atoms with Gasteiger partial charge in [-0.1, -0.05) is 11.6 Å². The van der Waals surface area contributed by atoms with Gasteiger partial charge in [0, 0.05) is 37.8 Å². The van der Waals surface area contributed by atoms with Gasteiger partial charge >= 0.3 is 12.1 Å². The highest BCUT2D eigenvalue weighted by Gasteiger charge is 2.34. The highest BCUT2D eigenvalue weighted by atomic mass is 35.5. The van der Waals surface area contributed by atoms with Crippen LogP contribution in [0.3, 0.4) is 0 Å². The van der Waals surface area contributed by atoms with Crippen molar-refractivity contribution in [1.29, 1.82) is 0 Å². The van der Waals surface area contributed by atoms with E-state index >= 15 is 0 Å². The lowest BCUT2D eigenvalue weighted by molar-refractivity contribution is -0.137. The van der Waals surface area contributed by atoms with Gasteiger partial charge < -0.3 is 15.0 Å². The molecule has 0 saturated carbocycles. The van der Waals surface area contributed by atoms with Gasteiger partial charge in [0.15, 0.2) is 0 Å². The number of halogens is 4. The number of fused-ring (bicyclic) bond motifs is 1. The van der Waals surface area contributed by atoms with Crippen LogP contribution in [0, 0.1) is 0 Å². The van der Waals surface area contributed by atoms with Crippen molar-refractivity contribution < 1.29 is 22.7 Å². The van der Waals surface area contributed by atoms with Gasteiger partial charge in [-0.2, -0.15) is 13.2 Å². The predicted molar refractivity (Wildman–Crippen MR) is 92.8 cm³/mol. The van der Waals surface area contributed by atoms with Crippen molar-refractivity contribution in [1.82, 2.24) is 10.3 Å². The van der Waals surface area contributed by atoms with E-state index in [9.17, 15) is 18.0 Å². The van der Waals surface area contributed by atoms with Crippen LogP contribution in [0.1, 0.15) is 22.8 Å². The summed E-state index contributed by atoms with van der Waals surface area (Å²) in [5.74, 6) is -0.563. The number of rotatable bonds is 3. The molecule has 0 bridgehead atoms. The fraction of sp³-hybridized carbons (Fsp3) is 0.412. The van der Waals surface area contributed by atoms with Gasteiger partial charge in [0.05, 0.1) is 28.4 Å². The molecule has 0 spiro atoms. The molecule has 5 nitrogen and oxygen atoms in total. The van der Waals surface area contributed by atoms with Crippen LogP contribution in [0.4, 0.5) is 18.9 Å². The molecule has 0 radical (unpaired) electrons. The summed E-state index contributed by atoms with van der Waals surface area (Å²) in [5.41, 5.74) is -0.0970. The summed E-state index contributed by atoms with van der Waals surface area (Å²) in [6.07, 6.45) is -3.31. The molecule has 26 heavy (non-hydrogen) atoms. The molecule has 2 aromatic rings. The Kier molecular flexibility index (Phi) is 5.24. The summed E-state index contributed by atoms with van der Waals surface area (Å²) in [7, 11) is 0. The SMILES string of the molecule is CCOC(=O)c1cnc2cc(C(F)(F)F)c(Cl)cc2c1N1CCNCC1. The van der Waals surface area contributed by atoms with Gasteiger partial charge in [0.25, 0.3) is 0 Å². The number of anilines is 1. The monoisotopic (exact) mass is 387 g/mol. The summed E-state index contributed by atoms with van der Waals surface area (Å²) < 4.78 is 44.5. The first-order valence-corrected chi connectivity index (χ1v) is 8.53. The Morgan fingerprint density at radius 2 is 2.04 bits per heavy atom. The summed E-state index contributed by atoms with van der Waals surface area (Å²) in [6.45, 7) is 4.46. The third kappa shape index (κ3) is 3.57. The number of nitrogens with one attached hydrogen (secondary N) is 1. The van der Waals surface area contributed by atoms with Crippen LogP contribution in [0.5, 0.6) is 0 Å². The Balaban J connectivity index is 2.23. The molecule has 9 heteroatoms. The first-order chi connectivity index (χ1) is 12.3. The molecule has 0 aliphatic carbocycles. The molecule has 1 aliphatic rings. The fourth-order valence-electron chi connectivity index (χ4n) is 3.00. The summed E-state index contributed by atoms with van der Waals surface area (Å²) in [4.78, 5) is 18.3. The van der Waals surface area contributed by atoms with E-state index in [4.69, 9.17) is 16.3 Å². The minimum Gasteiger partial charge on any atom is -0.462 e. The van der Waals surface area contributed by atoms with Crippen LogP contribution >= 0.6 is 11.6 Å². The molecular weight excluding hydrogens is 371 g/mol. The second-order valence-corrected chi connectivity index (χ2v) is 6.23. The zero-order valence-corrected chi connectivity index (χ0v) is 14.7. The highest BCUT2D eigenvalue weighted by Crippen LogP contribution is 2.40. The maximum atomic E-state index is 13.1. The van der Waals surface area contributed by atoms with E-state index in [0.717, 1.165) is 6.07 Å². The number of hydrogen-bond acceptors (Lipinski definition) is 5. The molecule has 1 aromatic carbocycles. The second-order valence-electron chi connectivity index (χ2n) is 5.82. The number of pyridine rings is 1. The molecule has 1 saturated heterocycles. The van der Waals surface area contributed by atoms with Crippen molar-refractivity contribution in [3.63, 3.8) is 0 Å². The molecule has 3 rings (SSSR count).